The van der Waals surface area contributed by atoms with Crippen molar-refractivity contribution in [1.82, 2.24) is 4.57 Å². The Morgan fingerprint density at radius 1 is 1.18 bits per heavy atom. The van der Waals surface area contributed by atoms with Crippen LogP contribution in [0.25, 0.3) is 0 Å². The first-order chi connectivity index (χ1) is 10.1. The van der Waals surface area contributed by atoms with Gasteiger partial charge in [0.15, 0.2) is 9.84 Å². The van der Waals surface area contributed by atoms with Crippen molar-refractivity contribution in [2.24, 2.45) is 7.05 Å². The summed E-state index contributed by atoms with van der Waals surface area (Å²) in [5.74, 6) is -3.77. The summed E-state index contributed by atoms with van der Waals surface area (Å²) >= 11 is 0. The molecular formula is C15H15F2NO3S. The van der Waals surface area contributed by atoms with Crippen LogP contribution in [0.3, 0.4) is 0 Å². The molecule has 0 aliphatic heterocycles. The number of aromatic nitrogens is 1. The van der Waals surface area contributed by atoms with Crippen LogP contribution in [0.15, 0.2) is 52.3 Å². The van der Waals surface area contributed by atoms with Crippen molar-refractivity contribution in [1.29, 1.82) is 0 Å². The molecule has 0 fully saturated rings. The third-order valence-electron chi connectivity index (χ3n) is 3.22. The molecule has 118 valence electrons. The second kappa shape index (κ2) is 5.64. The van der Waals surface area contributed by atoms with E-state index >= 15 is 0 Å². The zero-order valence-electron chi connectivity index (χ0n) is 12.1. The van der Waals surface area contributed by atoms with Crippen LogP contribution in [0.2, 0.25) is 0 Å². The molecule has 0 bridgehead atoms. The molecule has 0 atom stereocenters. The highest BCUT2D eigenvalue weighted by molar-refractivity contribution is 7.90. The van der Waals surface area contributed by atoms with Crippen LogP contribution in [-0.4, -0.2) is 13.0 Å². The van der Waals surface area contributed by atoms with Crippen LogP contribution in [0.5, 0.6) is 0 Å². The van der Waals surface area contributed by atoms with E-state index in [0.29, 0.717) is 6.92 Å². The van der Waals surface area contributed by atoms with Gasteiger partial charge in [-0.05, 0) is 17.7 Å². The molecule has 0 saturated carbocycles. The van der Waals surface area contributed by atoms with Crippen LogP contribution in [0.4, 0.5) is 8.78 Å². The normalized spacial score (nSPS) is 12.4. The van der Waals surface area contributed by atoms with Gasteiger partial charge in [0.25, 0.3) is 11.5 Å². The summed E-state index contributed by atoms with van der Waals surface area (Å²) in [6, 6.07) is 7.67. The Morgan fingerprint density at radius 3 is 2.41 bits per heavy atom. The van der Waals surface area contributed by atoms with Crippen molar-refractivity contribution in [2.45, 2.75) is 23.5 Å². The van der Waals surface area contributed by atoms with E-state index in [1.165, 1.54) is 42.1 Å². The van der Waals surface area contributed by atoms with Crippen molar-refractivity contribution in [3.63, 3.8) is 0 Å². The van der Waals surface area contributed by atoms with Gasteiger partial charge in [-0.25, -0.2) is 17.2 Å². The van der Waals surface area contributed by atoms with Crippen LogP contribution >= 0.6 is 0 Å². The molecule has 0 saturated heterocycles. The number of pyridine rings is 1. The van der Waals surface area contributed by atoms with Crippen molar-refractivity contribution in [2.75, 3.05) is 0 Å². The predicted molar refractivity (Wildman–Crippen MR) is 78.6 cm³/mol. The minimum absolute atomic E-state index is 0.261. The van der Waals surface area contributed by atoms with E-state index in [0.717, 1.165) is 12.1 Å². The first kappa shape index (κ1) is 16.4. The summed E-state index contributed by atoms with van der Waals surface area (Å²) < 4.78 is 53.3. The van der Waals surface area contributed by atoms with E-state index in [9.17, 15) is 22.0 Å². The minimum atomic E-state index is -3.98. The van der Waals surface area contributed by atoms with Gasteiger partial charge in [0, 0.05) is 31.8 Å². The van der Waals surface area contributed by atoms with Gasteiger partial charge in [0.1, 0.15) is 0 Å². The summed E-state index contributed by atoms with van der Waals surface area (Å²) in [5.41, 5.74) is -0.641. The summed E-state index contributed by atoms with van der Waals surface area (Å²) in [7, 11) is -2.45. The number of alkyl halides is 2. The number of rotatable bonds is 4. The number of benzene rings is 1. The summed E-state index contributed by atoms with van der Waals surface area (Å²) in [6.07, 6.45) is 1.44. The second-order valence-corrected chi connectivity index (χ2v) is 7.09. The molecule has 0 aliphatic rings. The zero-order valence-corrected chi connectivity index (χ0v) is 12.9. The van der Waals surface area contributed by atoms with Gasteiger partial charge in [0.2, 0.25) is 0 Å². The van der Waals surface area contributed by atoms with E-state index in [1.807, 2.05) is 0 Å². The van der Waals surface area contributed by atoms with Crippen LogP contribution in [-0.2, 0) is 28.6 Å². The molecule has 0 spiro atoms. The molecule has 0 aliphatic carbocycles. The highest BCUT2D eigenvalue weighted by atomic mass is 32.2. The number of hydrogen-bond donors (Lipinski definition) is 0. The van der Waals surface area contributed by atoms with Gasteiger partial charge in [-0.2, -0.15) is 0 Å². The fourth-order valence-electron chi connectivity index (χ4n) is 2.08. The average Bonchev–Trinajstić information content (AvgIpc) is 2.42. The zero-order chi connectivity index (χ0) is 16.5. The van der Waals surface area contributed by atoms with Gasteiger partial charge >= 0.3 is 0 Å². The van der Waals surface area contributed by atoms with Gasteiger partial charge in [-0.15, -0.1) is 0 Å². The van der Waals surface area contributed by atoms with Crippen molar-refractivity contribution in [3.8, 4) is 0 Å². The molecule has 1 aromatic carbocycles. The van der Waals surface area contributed by atoms with Gasteiger partial charge in [0.05, 0.1) is 10.6 Å². The fourth-order valence-corrected chi connectivity index (χ4v) is 3.72. The first-order valence-corrected chi connectivity index (χ1v) is 8.12. The highest BCUT2D eigenvalue weighted by Crippen LogP contribution is 2.33. The van der Waals surface area contributed by atoms with Crippen molar-refractivity contribution >= 4 is 9.84 Å². The number of nitrogens with zero attached hydrogens (tertiary/aromatic N) is 1. The molecule has 0 unspecified atom stereocenters. The van der Waals surface area contributed by atoms with E-state index in [4.69, 9.17) is 0 Å². The fraction of sp³-hybridized carbons (Fsp3) is 0.267. The first-order valence-electron chi connectivity index (χ1n) is 6.47. The number of halogens is 2. The van der Waals surface area contributed by atoms with E-state index in [1.54, 1.807) is 0 Å². The maximum Gasteiger partial charge on any atom is 0.271 e. The van der Waals surface area contributed by atoms with Crippen LogP contribution in [0.1, 0.15) is 18.1 Å². The molecule has 1 heterocycles. The predicted octanol–water partition coefficient (Wildman–Crippen LogP) is 2.47. The standard InChI is InChI=1S/C15H15F2NO3S/c1-15(16,17)12-5-3-4-6-13(12)22(20,21)10-11-7-8-18(2)14(19)9-11/h3-9H,10H2,1-2H3. The quantitative estimate of drug-likeness (QED) is 0.867. The second-order valence-electron chi connectivity index (χ2n) is 5.13. The maximum atomic E-state index is 13.6. The Morgan fingerprint density at radius 2 is 1.82 bits per heavy atom. The lowest BCUT2D eigenvalue weighted by molar-refractivity contribution is 0.0144. The molecule has 0 radical (unpaired) electrons. The molecule has 2 aromatic rings. The average molecular weight is 327 g/mol. The largest absolute Gasteiger partial charge is 0.319 e. The Kier molecular flexibility index (Phi) is 4.19. The molecule has 0 amide bonds. The monoisotopic (exact) mass is 327 g/mol. The molecule has 7 heteroatoms. The van der Waals surface area contributed by atoms with Gasteiger partial charge in [-0.3, -0.25) is 4.79 Å². The topological polar surface area (TPSA) is 56.1 Å². The minimum Gasteiger partial charge on any atom is -0.319 e. The lowest BCUT2D eigenvalue weighted by Gasteiger charge is -2.16. The third kappa shape index (κ3) is 3.41. The SMILES string of the molecule is Cn1ccc(CS(=O)(=O)c2ccccc2C(C)(F)F)cc1=O. The van der Waals surface area contributed by atoms with Gasteiger partial charge < -0.3 is 4.57 Å². The Hall–Kier alpha value is -2.02. The lowest BCUT2D eigenvalue weighted by atomic mass is 10.1. The number of sulfone groups is 1. The molecule has 4 nitrogen and oxygen atoms in total. The van der Waals surface area contributed by atoms with Crippen LogP contribution < -0.4 is 5.56 Å². The summed E-state index contributed by atoms with van der Waals surface area (Å²) in [5, 5.41) is 0. The van der Waals surface area contributed by atoms with E-state index < -0.39 is 32.0 Å². The summed E-state index contributed by atoms with van der Waals surface area (Å²) in [4.78, 5) is 11.1. The molecular weight excluding hydrogens is 312 g/mol. The van der Waals surface area contributed by atoms with E-state index in [-0.39, 0.29) is 11.1 Å². The highest BCUT2D eigenvalue weighted by Gasteiger charge is 2.32. The van der Waals surface area contributed by atoms with E-state index in [2.05, 4.69) is 0 Å². The number of hydrogen-bond acceptors (Lipinski definition) is 3. The summed E-state index contributed by atoms with van der Waals surface area (Å²) in [6.45, 7) is 0.652. The van der Waals surface area contributed by atoms with Crippen molar-refractivity contribution in [3.05, 3.63) is 64.1 Å². The number of aryl methyl sites for hydroxylation is 1. The molecule has 0 N–H and O–H groups in total. The molecule has 22 heavy (non-hydrogen) atoms. The Labute approximate surface area is 126 Å². The van der Waals surface area contributed by atoms with Crippen LogP contribution in [0, 0.1) is 0 Å². The van der Waals surface area contributed by atoms with Crippen molar-refractivity contribution < 1.29 is 17.2 Å². The molecule has 2 rings (SSSR count). The smallest absolute Gasteiger partial charge is 0.271 e. The molecule has 1 aromatic heterocycles. The van der Waals surface area contributed by atoms with Gasteiger partial charge in [-0.1, -0.05) is 18.2 Å². The maximum absolute atomic E-state index is 13.6. The lowest BCUT2D eigenvalue weighted by Crippen LogP contribution is -2.18. The Balaban J connectivity index is 2.48. The third-order valence-corrected chi connectivity index (χ3v) is 4.96. The Bertz CT molecular complexity index is 852.